The Kier molecular flexibility index (Phi) is 13.1. The number of carbonyl (C=O) groups excluding carboxylic acids is 2. The maximum atomic E-state index is 11.9. The molecule has 2 N–H and O–H groups in total. The van der Waals surface area contributed by atoms with Crippen molar-refractivity contribution in [3.8, 4) is 11.5 Å². The fourth-order valence-electron chi connectivity index (χ4n) is 5.85. The molecule has 10 nitrogen and oxygen atoms in total. The van der Waals surface area contributed by atoms with Gasteiger partial charge in [0.1, 0.15) is 34.9 Å². The second kappa shape index (κ2) is 16.3. The van der Waals surface area contributed by atoms with Gasteiger partial charge in [-0.15, -0.1) is 0 Å². The van der Waals surface area contributed by atoms with Gasteiger partial charge in [-0.25, -0.2) is 0 Å². The molecule has 2 heterocycles. The van der Waals surface area contributed by atoms with Crippen LogP contribution in [0.3, 0.4) is 0 Å². The molecule has 2 aromatic rings. The van der Waals surface area contributed by atoms with Gasteiger partial charge in [-0.2, -0.15) is 0 Å². The number of hydrogen-bond acceptors (Lipinski definition) is 8. The van der Waals surface area contributed by atoms with E-state index >= 15 is 0 Å². The van der Waals surface area contributed by atoms with E-state index in [2.05, 4.69) is 0 Å². The fraction of sp³-hybridized carbons (Fsp3) is 0.579. The lowest BCUT2D eigenvalue weighted by Gasteiger charge is -2.30. The van der Waals surface area contributed by atoms with Gasteiger partial charge in [0.05, 0.1) is 25.7 Å². The summed E-state index contributed by atoms with van der Waals surface area (Å²) in [6, 6.07) is 11.4. The largest absolute Gasteiger partial charge is 0.490 e. The molecule has 0 unspecified atom stereocenters. The SMILES string of the molecule is C[C@@H](CC(=O)O)[C@H]1CCc2cc(CC(=O)OC(C)(C)C)ccc2O1.C[C@H](CC(=O)O)[C@H]1CCc2cc(CC(=O)OC(C)(C)C)ccc2O1. The van der Waals surface area contributed by atoms with Crippen LogP contribution < -0.4 is 9.47 Å². The molecule has 0 aliphatic carbocycles. The smallest absolute Gasteiger partial charge is 0.310 e. The Morgan fingerprint density at radius 2 is 1.04 bits per heavy atom. The summed E-state index contributed by atoms with van der Waals surface area (Å²) in [5.41, 5.74) is 2.97. The van der Waals surface area contributed by atoms with Crippen molar-refractivity contribution in [2.45, 2.75) is 130 Å². The van der Waals surface area contributed by atoms with Crippen molar-refractivity contribution in [2.24, 2.45) is 11.8 Å². The molecule has 0 bridgehead atoms. The van der Waals surface area contributed by atoms with E-state index in [-0.39, 0.29) is 61.7 Å². The van der Waals surface area contributed by atoms with Crippen molar-refractivity contribution in [3.05, 3.63) is 58.7 Å². The standard InChI is InChI=1S/2C19H26O5/c2*1-12(9-17(20)21)15-8-6-14-10-13(5-7-16(14)23-15)11-18(22)24-19(2,3)4/h2*5,7,10,12,15H,6,8-9,11H2,1-4H3,(H,20,21)/t12-,15+;12-,15-/m01/s1. The first kappa shape index (κ1) is 38.4. The summed E-state index contributed by atoms with van der Waals surface area (Å²) in [7, 11) is 0. The lowest BCUT2D eigenvalue weighted by atomic mass is 9.91. The van der Waals surface area contributed by atoms with Crippen molar-refractivity contribution < 1.29 is 48.3 Å². The molecule has 2 aliphatic rings. The zero-order chi connectivity index (χ0) is 35.8. The van der Waals surface area contributed by atoms with Crippen LogP contribution in [0.1, 0.15) is 103 Å². The van der Waals surface area contributed by atoms with Gasteiger partial charge in [0.2, 0.25) is 0 Å². The van der Waals surface area contributed by atoms with E-state index in [0.717, 1.165) is 59.4 Å². The highest BCUT2D eigenvalue weighted by molar-refractivity contribution is 5.74. The number of rotatable bonds is 10. The minimum absolute atomic E-state index is 0.0305. The average molecular weight is 669 g/mol. The van der Waals surface area contributed by atoms with Crippen molar-refractivity contribution >= 4 is 23.9 Å². The minimum Gasteiger partial charge on any atom is -0.490 e. The summed E-state index contributed by atoms with van der Waals surface area (Å²) >= 11 is 0. The number of aryl methyl sites for hydroxylation is 2. The van der Waals surface area contributed by atoms with Crippen molar-refractivity contribution in [1.82, 2.24) is 0 Å². The maximum absolute atomic E-state index is 11.9. The number of carboxylic acids is 2. The zero-order valence-electron chi connectivity index (χ0n) is 29.6. The van der Waals surface area contributed by atoms with Crippen LogP contribution in [0.15, 0.2) is 36.4 Å². The van der Waals surface area contributed by atoms with Crippen LogP contribution in [0, 0.1) is 11.8 Å². The van der Waals surface area contributed by atoms with Crippen LogP contribution in [0.2, 0.25) is 0 Å². The van der Waals surface area contributed by atoms with E-state index in [1.165, 1.54) is 0 Å². The molecular formula is C38H52O10. The molecule has 0 fully saturated rings. The number of carbonyl (C=O) groups is 4. The van der Waals surface area contributed by atoms with Crippen LogP contribution >= 0.6 is 0 Å². The summed E-state index contributed by atoms with van der Waals surface area (Å²) in [5.74, 6) is -0.574. The average Bonchev–Trinajstić information content (AvgIpc) is 2.94. The molecule has 48 heavy (non-hydrogen) atoms. The first-order valence-corrected chi connectivity index (χ1v) is 16.7. The zero-order valence-corrected chi connectivity index (χ0v) is 29.6. The second-order valence-electron chi connectivity index (χ2n) is 15.0. The molecular weight excluding hydrogens is 616 g/mol. The summed E-state index contributed by atoms with van der Waals surface area (Å²) in [6.45, 7) is 14.9. The number of ether oxygens (including phenoxy) is 4. The predicted octanol–water partition coefficient (Wildman–Crippen LogP) is 6.75. The molecule has 10 heteroatoms. The molecule has 4 rings (SSSR count). The highest BCUT2D eigenvalue weighted by Crippen LogP contribution is 2.33. The Hall–Kier alpha value is -4.08. The lowest BCUT2D eigenvalue weighted by Crippen LogP contribution is -2.30. The fourth-order valence-corrected chi connectivity index (χ4v) is 5.85. The Bertz CT molecular complexity index is 1340. The van der Waals surface area contributed by atoms with Crippen LogP contribution in [0.5, 0.6) is 11.5 Å². The highest BCUT2D eigenvalue weighted by Gasteiger charge is 2.28. The third-order valence-electron chi connectivity index (χ3n) is 8.00. The summed E-state index contributed by atoms with van der Waals surface area (Å²) < 4.78 is 22.6. The van der Waals surface area contributed by atoms with E-state index in [4.69, 9.17) is 29.2 Å². The van der Waals surface area contributed by atoms with E-state index in [0.29, 0.717) is 0 Å². The second-order valence-corrected chi connectivity index (χ2v) is 15.0. The van der Waals surface area contributed by atoms with Gasteiger partial charge in [-0.3, -0.25) is 19.2 Å². The highest BCUT2D eigenvalue weighted by atomic mass is 16.6. The molecule has 264 valence electrons. The number of carboxylic acid groups (broad SMARTS) is 2. The summed E-state index contributed by atoms with van der Waals surface area (Å²) in [4.78, 5) is 45.6. The van der Waals surface area contributed by atoms with E-state index in [9.17, 15) is 19.2 Å². The topological polar surface area (TPSA) is 146 Å². The first-order valence-electron chi connectivity index (χ1n) is 16.7. The number of fused-ring (bicyclic) bond motifs is 2. The number of esters is 2. The monoisotopic (exact) mass is 668 g/mol. The molecule has 0 spiro atoms. The minimum atomic E-state index is -0.801. The molecule has 0 radical (unpaired) electrons. The van der Waals surface area contributed by atoms with Gasteiger partial charge in [0.25, 0.3) is 0 Å². The number of benzene rings is 2. The molecule has 0 aromatic heterocycles. The third-order valence-corrected chi connectivity index (χ3v) is 8.00. The van der Waals surface area contributed by atoms with Gasteiger partial charge in [0.15, 0.2) is 0 Å². The normalized spacial score (nSPS) is 18.2. The molecule has 0 saturated heterocycles. The quantitative estimate of drug-likeness (QED) is 0.261. The van der Waals surface area contributed by atoms with E-state index < -0.39 is 23.1 Å². The first-order chi connectivity index (χ1) is 22.3. The Balaban J connectivity index is 0.000000260. The van der Waals surface area contributed by atoms with Gasteiger partial charge >= 0.3 is 23.9 Å². The van der Waals surface area contributed by atoms with Crippen molar-refractivity contribution in [1.29, 1.82) is 0 Å². The van der Waals surface area contributed by atoms with Crippen LogP contribution in [-0.2, 0) is 54.3 Å². The van der Waals surface area contributed by atoms with Gasteiger partial charge in [-0.05, 0) is 102 Å². The van der Waals surface area contributed by atoms with E-state index in [1.807, 2.05) is 91.8 Å². The lowest BCUT2D eigenvalue weighted by molar-refractivity contribution is -0.155. The number of aliphatic carboxylic acids is 2. The summed E-state index contributed by atoms with van der Waals surface area (Å²) in [5, 5.41) is 17.8. The van der Waals surface area contributed by atoms with Gasteiger partial charge < -0.3 is 29.2 Å². The molecule has 0 saturated carbocycles. The molecule has 0 amide bonds. The Labute approximate surface area is 284 Å². The summed E-state index contributed by atoms with van der Waals surface area (Å²) in [6.07, 6.45) is 3.77. The molecule has 4 atom stereocenters. The molecule has 2 aromatic carbocycles. The van der Waals surface area contributed by atoms with E-state index in [1.54, 1.807) is 0 Å². The Morgan fingerprint density at radius 3 is 1.35 bits per heavy atom. The molecule has 2 aliphatic heterocycles. The Morgan fingerprint density at radius 1 is 0.688 bits per heavy atom. The van der Waals surface area contributed by atoms with Gasteiger partial charge in [0, 0.05) is 11.8 Å². The number of hydrogen-bond donors (Lipinski definition) is 2. The van der Waals surface area contributed by atoms with Crippen molar-refractivity contribution in [2.75, 3.05) is 0 Å². The van der Waals surface area contributed by atoms with Gasteiger partial charge in [-0.1, -0.05) is 38.1 Å². The van der Waals surface area contributed by atoms with Crippen LogP contribution in [0.4, 0.5) is 0 Å². The van der Waals surface area contributed by atoms with Crippen LogP contribution in [-0.4, -0.2) is 57.5 Å². The van der Waals surface area contributed by atoms with Crippen LogP contribution in [0.25, 0.3) is 0 Å². The third kappa shape index (κ3) is 12.8. The maximum Gasteiger partial charge on any atom is 0.310 e. The van der Waals surface area contributed by atoms with Crippen molar-refractivity contribution in [3.63, 3.8) is 0 Å². The predicted molar refractivity (Wildman–Crippen MR) is 180 cm³/mol.